The zero-order chi connectivity index (χ0) is 12.4. The van der Waals surface area contributed by atoms with Gasteiger partial charge in [0.15, 0.2) is 9.84 Å². The molecule has 16 heavy (non-hydrogen) atoms. The minimum atomic E-state index is -2.98. The molecule has 0 aromatic carbocycles. The van der Waals surface area contributed by atoms with Crippen molar-refractivity contribution in [2.75, 3.05) is 31.8 Å². The second-order valence-corrected chi connectivity index (χ2v) is 6.28. The van der Waals surface area contributed by atoms with E-state index in [0.717, 1.165) is 25.8 Å². The van der Waals surface area contributed by atoms with Crippen molar-refractivity contribution >= 4 is 9.84 Å². The summed E-state index contributed by atoms with van der Waals surface area (Å²) in [7, 11) is -1.46. The normalized spacial score (nSPS) is 13.9. The van der Waals surface area contributed by atoms with Crippen molar-refractivity contribution in [1.82, 2.24) is 5.32 Å². The monoisotopic (exact) mass is 251 g/mol. The third-order valence-electron chi connectivity index (χ3n) is 2.37. The van der Waals surface area contributed by atoms with Gasteiger partial charge < -0.3 is 10.1 Å². The number of ether oxygens (including phenoxy) is 1. The fourth-order valence-electron chi connectivity index (χ4n) is 1.54. The Morgan fingerprint density at radius 2 is 1.94 bits per heavy atom. The first kappa shape index (κ1) is 15.9. The molecule has 1 atom stereocenters. The van der Waals surface area contributed by atoms with Gasteiger partial charge in [0.1, 0.15) is 0 Å². The molecule has 1 N–H and O–H groups in total. The molecule has 98 valence electrons. The molecule has 0 spiro atoms. The summed E-state index contributed by atoms with van der Waals surface area (Å²) in [5.74, 6) is 0.349. The van der Waals surface area contributed by atoms with Crippen LogP contribution in [0.5, 0.6) is 0 Å². The van der Waals surface area contributed by atoms with E-state index in [4.69, 9.17) is 4.74 Å². The van der Waals surface area contributed by atoms with E-state index in [1.54, 1.807) is 0 Å². The van der Waals surface area contributed by atoms with E-state index in [9.17, 15) is 8.42 Å². The summed E-state index contributed by atoms with van der Waals surface area (Å²) in [5, 5.41) is 3.28. The van der Waals surface area contributed by atoms with Crippen LogP contribution in [-0.4, -0.2) is 46.2 Å². The van der Waals surface area contributed by atoms with Crippen LogP contribution in [0.3, 0.4) is 0 Å². The number of nitrogens with one attached hydrogen (secondary N) is 1. The number of rotatable bonds is 10. The summed E-state index contributed by atoms with van der Waals surface area (Å²) in [6.45, 7) is 5.32. The predicted molar refractivity (Wildman–Crippen MR) is 67.5 cm³/mol. The van der Waals surface area contributed by atoms with Crippen LogP contribution < -0.4 is 5.32 Å². The molecule has 0 aliphatic heterocycles. The van der Waals surface area contributed by atoms with Crippen LogP contribution in [-0.2, 0) is 14.6 Å². The van der Waals surface area contributed by atoms with Gasteiger partial charge in [0, 0.05) is 13.2 Å². The molecule has 0 radical (unpaired) electrons. The lowest BCUT2D eigenvalue weighted by Crippen LogP contribution is -2.37. The van der Waals surface area contributed by atoms with Crippen molar-refractivity contribution in [3.05, 3.63) is 0 Å². The van der Waals surface area contributed by atoms with Gasteiger partial charge in [-0.3, -0.25) is 0 Å². The molecule has 0 saturated heterocycles. The molecule has 1 unspecified atom stereocenters. The number of hydrogen-bond acceptors (Lipinski definition) is 4. The molecule has 0 aliphatic rings. The Kier molecular flexibility index (Phi) is 8.89. The van der Waals surface area contributed by atoms with Crippen LogP contribution in [0.4, 0.5) is 0 Å². The standard InChI is InChI=1S/C11H25NO3S/c1-4-6-11(12-7-5-2)10-16(13,14)9-8-15-3/h11-12H,4-10H2,1-3H3. The Bertz CT molecular complexity index is 252. The highest BCUT2D eigenvalue weighted by molar-refractivity contribution is 7.91. The molecule has 0 rings (SSSR count). The molecule has 4 nitrogen and oxygen atoms in total. The summed E-state index contributed by atoms with van der Waals surface area (Å²) in [6.07, 6.45) is 2.94. The van der Waals surface area contributed by atoms with E-state index in [1.807, 2.05) is 0 Å². The van der Waals surface area contributed by atoms with Gasteiger partial charge >= 0.3 is 0 Å². The molecule has 0 saturated carbocycles. The quantitative estimate of drug-likeness (QED) is 0.634. The van der Waals surface area contributed by atoms with Gasteiger partial charge in [-0.05, 0) is 19.4 Å². The average Bonchev–Trinajstić information content (AvgIpc) is 2.23. The fraction of sp³-hybridized carbons (Fsp3) is 1.00. The summed E-state index contributed by atoms with van der Waals surface area (Å²) in [4.78, 5) is 0. The summed E-state index contributed by atoms with van der Waals surface area (Å²) in [6, 6.07) is 0.0896. The Balaban J connectivity index is 4.14. The van der Waals surface area contributed by atoms with Gasteiger partial charge in [-0.1, -0.05) is 20.3 Å². The van der Waals surface area contributed by atoms with Gasteiger partial charge in [-0.2, -0.15) is 0 Å². The second-order valence-electron chi connectivity index (χ2n) is 4.05. The van der Waals surface area contributed by atoms with E-state index in [2.05, 4.69) is 19.2 Å². The van der Waals surface area contributed by atoms with Gasteiger partial charge in [0.25, 0.3) is 0 Å². The summed E-state index contributed by atoms with van der Waals surface area (Å²) >= 11 is 0. The fourth-order valence-corrected chi connectivity index (χ4v) is 3.03. The summed E-state index contributed by atoms with van der Waals surface area (Å²) in [5.41, 5.74) is 0. The molecular weight excluding hydrogens is 226 g/mol. The third kappa shape index (κ3) is 8.07. The first-order valence-electron chi connectivity index (χ1n) is 5.98. The highest BCUT2D eigenvalue weighted by Crippen LogP contribution is 2.02. The van der Waals surface area contributed by atoms with Gasteiger partial charge in [0.2, 0.25) is 0 Å². The topological polar surface area (TPSA) is 55.4 Å². The first-order chi connectivity index (χ1) is 7.55. The minimum absolute atomic E-state index is 0.0896. The van der Waals surface area contributed by atoms with Crippen LogP contribution in [0.1, 0.15) is 33.1 Å². The molecule has 0 bridgehead atoms. The lowest BCUT2D eigenvalue weighted by atomic mass is 10.2. The molecular formula is C11H25NO3S. The highest BCUT2D eigenvalue weighted by atomic mass is 32.2. The Hall–Kier alpha value is -0.130. The highest BCUT2D eigenvalue weighted by Gasteiger charge is 2.17. The lowest BCUT2D eigenvalue weighted by molar-refractivity contribution is 0.217. The molecule has 0 fully saturated rings. The van der Waals surface area contributed by atoms with Crippen molar-refractivity contribution in [2.45, 2.75) is 39.2 Å². The van der Waals surface area contributed by atoms with Crippen LogP contribution >= 0.6 is 0 Å². The Labute approximate surface area is 99.7 Å². The van der Waals surface area contributed by atoms with Crippen LogP contribution in [0.2, 0.25) is 0 Å². The Morgan fingerprint density at radius 1 is 1.25 bits per heavy atom. The molecule has 0 aliphatic carbocycles. The van der Waals surface area contributed by atoms with Crippen LogP contribution in [0.15, 0.2) is 0 Å². The van der Waals surface area contributed by atoms with Crippen LogP contribution in [0, 0.1) is 0 Å². The van der Waals surface area contributed by atoms with E-state index < -0.39 is 9.84 Å². The second kappa shape index (κ2) is 8.96. The van der Waals surface area contributed by atoms with E-state index in [-0.39, 0.29) is 24.2 Å². The van der Waals surface area contributed by atoms with Crippen LogP contribution in [0.25, 0.3) is 0 Å². The van der Waals surface area contributed by atoms with Crippen molar-refractivity contribution in [3.8, 4) is 0 Å². The molecule has 0 amide bonds. The SMILES string of the molecule is CCCNC(CCC)CS(=O)(=O)CCOC. The molecule has 0 heterocycles. The molecule has 5 heteroatoms. The first-order valence-corrected chi connectivity index (χ1v) is 7.80. The molecule has 0 aromatic heterocycles. The van der Waals surface area contributed by atoms with E-state index >= 15 is 0 Å². The minimum Gasteiger partial charge on any atom is -0.384 e. The van der Waals surface area contributed by atoms with E-state index in [0.29, 0.717) is 0 Å². The van der Waals surface area contributed by atoms with Crippen molar-refractivity contribution in [3.63, 3.8) is 0 Å². The maximum Gasteiger partial charge on any atom is 0.154 e. The number of sulfone groups is 1. The lowest BCUT2D eigenvalue weighted by Gasteiger charge is -2.17. The average molecular weight is 251 g/mol. The predicted octanol–water partition coefficient (Wildman–Crippen LogP) is 1.22. The van der Waals surface area contributed by atoms with Gasteiger partial charge in [0.05, 0.1) is 18.1 Å². The number of methoxy groups -OCH3 is 1. The Morgan fingerprint density at radius 3 is 2.44 bits per heavy atom. The zero-order valence-electron chi connectivity index (χ0n) is 10.7. The van der Waals surface area contributed by atoms with Gasteiger partial charge in [-0.25, -0.2) is 8.42 Å². The molecule has 0 aromatic rings. The smallest absolute Gasteiger partial charge is 0.154 e. The van der Waals surface area contributed by atoms with E-state index in [1.165, 1.54) is 7.11 Å². The van der Waals surface area contributed by atoms with Crippen molar-refractivity contribution < 1.29 is 13.2 Å². The maximum atomic E-state index is 11.7. The van der Waals surface area contributed by atoms with Crippen molar-refractivity contribution in [1.29, 1.82) is 0 Å². The zero-order valence-corrected chi connectivity index (χ0v) is 11.5. The van der Waals surface area contributed by atoms with Crippen molar-refractivity contribution in [2.24, 2.45) is 0 Å². The third-order valence-corrected chi connectivity index (χ3v) is 4.07. The van der Waals surface area contributed by atoms with Gasteiger partial charge in [-0.15, -0.1) is 0 Å². The number of hydrogen-bond donors (Lipinski definition) is 1. The largest absolute Gasteiger partial charge is 0.384 e. The maximum absolute atomic E-state index is 11.7. The summed E-state index contributed by atoms with van der Waals surface area (Å²) < 4.78 is 28.2.